The van der Waals surface area contributed by atoms with E-state index >= 15 is 0 Å². The van der Waals surface area contributed by atoms with Gasteiger partial charge in [-0.3, -0.25) is 4.79 Å². The second-order valence-corrected chi connectivity index (χ2v) is 6.65. The molecule has 0 bridgehead atoms. The van der Waals surface area contributed by atoms with E-state index in [1.807, 2.05) is 13.8 Å². The molecule has 0 aromatic heterocycles. The molecule has 0 aromatic carbocycles. The molecule has 0 unspecified atom stereocenters. The van der Waals surface area contributed by atoms with Gasteiger partial charge < -0.3 is 9.87 Å². The summed E-state index contributed by atoms with van der Waals surface area (Å²) in [6, 6.07) is 0. The highest BCUT2D eigenvalue weighted by atomic mass is 32.2. The fourth-order valence-corrected chi connectivity index (χ4v) is 2.20. The van der Waals surface area contributed by atoms with Gasteiger partial charge in [0, 0.05) is 12.3 Å². The molecule has 0 aliphatic carbocycles. The first-order valence-corrected chi connectivity index (χ1v) is 7.58. The van der Waals surface area contributed by atoms with Crippen LogP contribution < -0.4 is 5.32 Å². The molecule has 0 radical (unpaired) electrons. The van der Waals surface area contributed by atoms with Gasteiger partial charge in [0.25, 0.3) is 0 Å². The fourth-order valence-electron chi connectivity index (χ4n) is 1.70. The minimum absolute atomic E-state index is 0.0242. The zero-order valence-electron chi connectivity index (χ0n) is 11.1. The van der Waals surface area contributed by atoms with Crippen LogP contribution in [0.15, 0.2) is 12.7 Å². The maximum Gasteiger partial charge on any atom is 0.243 e. The predicted octanol–water partition coefficient (Wildman–Crippen LogP) is 1.42. The second kappa shape index (κ2) is 7.53. The molecule has 0 saturated carbocycles. The van der Waals surface area contributed by atoms with E-state index in [2.05, 4.69) is 11.9 Å². The standard InChI is InChI=1S/C12H23NO4S/c1-4-11(14)13-9-5-7-12(2,3)8-6-10-18(15,16)17/h4H,1,5-10H2,2-3H3,(H,13,14)(H,15,16,17)/p-1. The minimum atomic E-state index is -4.10. The summed E-state index contributed by atoms with van der Waals surface area (Å²) in [4.78, 5) is 10.9. The normalized spacial score (nSPS) is 12.2. The number of rotatable bonds is 9. The van der Waals surface area contributed by atoms with Crippen molar-refractivity contribution in [3.8, 4) is 0 Å². The summed E-state index contributed by atoms with van der Waals surface area (Å²) in [7, 11) is -4.10. The van der Waals surface area contributed by atoms with E-state index in [1.54, 1.807) is 0 Å². The highest BCUT2D eigenvalue weighted by Crippen LogP contribution is 2.28. The molecule has 0 aliphatic heterocycles. The smallest absolute Gasteiger partial charge is 0.243 e. The molecule has 106 valence electrons. The summed E-state index contributed by atoms with van der Waals surface area (Å²) in [6.07, 6.45) is 3.98. The van der Waals surface area contributed by atoms with Crippen LogP contribution in [0.1, 0.15) is 39.5 Å². The van der Waals surface area contributed by atoms with E-state index in [0.29, 0.717) is 19.4 Å². The molecule has 0 heterocycles. The highest BCUT2D eigenvalue weighted by molar-refractivity contribution is 7.85. The Morgan fingerprint density at radius 1 is 1.33 bits per heavy atom. The Labute approximate surface area is 109 Å². The first-order chi connectivity index (χ1) is 8.16. The van der Waals surface area contributed by atoms with Gasteiger partial charge in [-0.05, 0) is 37.2 Å². The van der Waals surface area contributed by atoms with Gasteiger partial charge in [0.15, 0.2) is 0 Å². The predicted molar refractivity (Wildman–Crippen MR) is 70.0 cm³/mol. The molecule has 0 rings (SSSR count). The van der Waals surface area contributed by atoms with Crippen molar-refractivity contribution in [2.45, 2.75) is 39.5 Å². The van der Waals surface area contributed by atoms with Gasteiger partial charge in [0.1, 0.15) is 0 Å². The molecule has 1 N–H and O–H groups in total. The number of nitrogens with one attached hydrogen (secondary N) is 1. The number of amides is 1. The topological polar surface area (TPSA) is 86.3 Å². The summed E-state index contributed by atoms with van der Waals surface area (Å²) >= 11 is 0. The lowest BCUT2D eigenvalue weighted by atomic mass is 9.83. The largest absolute Gasteiger partial charge is 0.748 e. The van der Waals surface area contributed by atoms with E-state index < -0.39 is 10.1 Å². The molecule has 0 fully saturated rings. The van der Waals surface area contributed by atoms with Gasteiger partial charge in [-0.1, -0.05) is 20.4 Å². The number of carbonyl (C=O) groups excluding carboxylic acids is 1. The first kappa shape index (κ1) is 17.1. The summed E-state index contributed by atoms with van der Waals surface area (Å²) in [6.45, 7) is 7.99. The van der Waals surface area contributed by atoms with Crippen molar-refractivity contribution in [2.24, 2.45) is 5.41 Å². The van der Waals surface area contributed by atoms with Crippen LogP contribution in [-0.2, 0) is 14.9 Å². The Kier molecular flexibility index (Phi) is 7.16. The molecule has 1 amide bonds. The zero-order valence-corrected chi connectivity index (χ0v) is 11.9. The Balaban J connectivity index is 3.80. The molecule has 0 aromatic rings. The lowest BCUT2D eigenvalue weighted by Gasteiger charge is -2.24. The van der Waals surface area contributed by atoms with Gasteiger partial charge >= 0.3 is 0 Å². The third-order valence-electron chi connectivity index (χ3n) is 2.76. The van der Waals surface area contributed by atoms with Crippen molar-refractivity contribution >= 4 is 16.0 Å². The highest BCUT2D eigenvalue weighted by Gasteiger charge is 2.17. The van der Waals surface area contributed by atoms with Crippen LogP contribution in [0.2, 0.25) is 0 Å². The number of hydrogen-bond acceptors (Lipinski definition) is 4. The van der Waals surface area contributed by atoms with Crippen molar-refractivity contribution in [1.82, 2.24) is 5.32 Å². The minimum Gasteiger partial charge on any atom is -0.748 e. The van der Waals surface area contributed by atoms with Crippen LogP contribution in [0.4, 0.5) is 0 Å². The van der Waals surface area contributed by atoms with Crippen LogP contribution in [0.25, 0.3) is 0 Å². The average molecular weight is 276 g/mol. The number of carbonyl (C=O) groups is 1. The monoisotopic (exact) mass is 276 g/mol. The van der Waals surface area contributed by atoms with Crippen LogP contribution in [-0.4, -0.2) is 31.2 Å². The molecule has 0 aliphatic rings. The van der Waals surface area contributed by atoms with Crippen LogP contribution in [0.3, 0.4) is 0 Å². The summed E-state index contributed by atoms with van der Waals surface area (Å²) < 4.78 is 31.4. The molecular weight excluding hydrogens is 254 g/mol. The third kappa shape index (κ3) is 10.3. The quantitative estimate of drug-likeness (QED) is 0.392. The lowest BCUT2D eigenvalue weighted by molar-refractivity contribution is -0.116. The van der Waals surface area contributed by atoms with Crippen LogP contribution >= 0.6 is 0 Å². The summed E-state index contributed by atoms with van der Waals surface area (Å²) in [5.41, 5.74) is -0.0242. The van der Waals surface area contributed by atoms with E-state index in [-0.39, 0.29) is 17.1 Å². The van der Waals surface area contributed by atoms with Crippen molar-refractivity contribution in [1.29, 1.82) is 0 Å². The Bertz CT molecular complexity index is 374. The van der Waals surface area contributed by atoms with Crippen LogP contribution in [0, 0.1) is 5.41 Å². The maximum atomic E-state index is 10.9. The lowest BCUT2D eigenvalue weighted by Crippen LogP contribution is -2.23. The van der Waals surface area contributed by atoms with Crippen molar-refractivity contribution < 1.29 is 17.8 Å². The van der Waals surface area contributed by atoms with Crippen LogP contribution in [0.5, 0.6) is 0 Å². The Morgan fingerprint density at radius 2 is 1.89 bits per heavy atom. The molecule has 0 spiro atoms. The number of hydrogen-bond donors (Lipinski definition) is 1. The molecule has 18 heavy (non-hydrogen) atoms. The molecule has 6 heteroatoms. The first-order valence-electron chi connectivity index (χ1n) is 6.00. The van der Waals surface area contributed by atoms with Crippen molar-refractivity contribution in [3.05, 3.63) is 12.7 Å². The average Bonchev–Trinajstić information content (AvgIpc) is 2.21. The Hall–Kier alpha value is -0.880. The van der Waals surface area contributed by atoms with Gasteiger partial charge in [-0.25, -0.2) is 8.42 Å². The van der Waals surface area contributed by atoms with E-state index in [9.17, 15) is 17.8 Å². The second-order valence-electron chi connectivity index (χ2n) is 5.13. The van der Waals surface area contributed by atoms with Gasteiger partial charge in [-0.2, -0.15) is 0 Å². The molecule has 5 nitrogen and oxygen atoms in total. The SMILES string of the molecule is C=CC(=O)NCCCC(C)(C)CCCS(=O)(=O)[O-]. The third-order valence-corrected chi connectivity index (χ3v) is 3.55. The van der Waals surface area contributed by atoms with Crippen molar-refractivity contribution in [2.75, 3.05) is 12.3 Å². The summed E-state index contributed by atoms with van der Waals surface area (Å²) in [5, 5.41) is 2.68. The maximum absolute atomic E-state index is 10.9. The van der Waals surface area contributed by atoms with Crippen molar-refractivity contribution in [3.63, 3.8) is 0 Å². The Morgan fingerprint density at radius 3 is 2.39 bits per heavy atom. The van der Waals surface area contributed by atoms with Gasteiger partial charge in [0.05, 0.1) is 10.1 Å². The van der Waals surface area contributed by atoms with Gasteiger partial charge in [0.2, 0.25) is 5.91 Å². The molecule has 0 saturated heterocycles. The molecule has 0 atom stereocenters. The summed E-state index contributed by atoms with van der Waals surface area (Å²) in [5.74, 6) is -0.492. The molecular formula is C12H22NO4S-. The van der Waals surface area contributed by atoms with E-state index in [0.717, 1.165) is 12.8 Å². The van der Waals surface area contributed by atoms with E-state index in [4.69, 9.17) is 0 Å². The van der Waals surface area contributed by atoms with Gasteiger partial charge in [-0.15, -0.1) is 0 Å². The van der Waals surface area contributed by atoms with E-state index in [1.165, 1.54) is 6.08 Å². The zero-order chi connectivity index (χ0) is 14.2. The fraction of sp³-hybridized carbons (Fsp3) is 0.750.